The fourth-order valence-electron chi connectivity index (χ4n) is 5.44. The zero-order chi connectivity index (χ0) is 15.9. The van der Waals surface area contributed by atoms with Crippen molar-refractivity contribution in [2.45, 2.75) is 38.5 Å². The van der Waals surface area contributed by atoms with Crippen LogP contribution in [0.1, 0.15) is 48.2 Å². The Labute approximate surface area is 140 Å². The molecule has 0 spiro atoms. The fraction of sp³-hybridized carbons (Fsp3) is 0.667. The molecular weight excluding hydrogens is 310 g/mol. The van der Waals surface area contributed by atoms with Gasteiger partial charge in [0.25, 0.3) is 5.91 Å². The van der Waals surface area contributed by atoms with Crippen molar-refractivity contribution in [2.24, 2.45) is 23.2 Å². The Hall–Kier alpha value is -1.36. The first-order chi connectivity index (χ1) is 11.1. The summed E-state index contributed by atoms with van der Waals surface area (Å²) in [6.07, 6.45) is 8.04. The van der Waals surface area contributed by atoms with Gasteiger partial charge in [-0.05, 0) is 73.1 Å². The van der Waals surface area contributed by atoms with Gasteiger partial charge in [-0.25, -0.2) is 4.79 Å². The van der Waals surface area contributed by atoms with Crippen LogP contribution in [0.4, 0.5) is 0 Å². The molecule has 1 aromatic rings. The van der Waals surface area contributed by atoms with Gasteiger partial charge in [-0.15, -0.1) is 11.3 Å². The number of hydrogen-bond donors (Lipinski definition) is 1. The van der Waals surface area contributed by atoms with Crippen LogP contribution in [0.5, 0.6) is 0 Å². The Morgan fingerprint density at radius 2 is 1.83 bits per heavy atom. The molecule has 5 rings (SSSR count). The molecule has 1 aromatic heterocycles. The topological polar surface area (TPSA) is 55.4 Å². The maximum Gasteiger partial charge on any atom is 0.348 e. The Kier molecular flexibility index (Phi) is 3.92. The van der Waals surface area contributed by atoms with Crippen molar-refractivity contribution in [1.82, 2.24) is 5.32 Å². The van der Waals surface area contributed by atoms with E-state index < -0.39 is 5.97 Å². The molecule has 23 heavy (non-hydrogen) atoms. The van der Waals surface area contributed by atoms with E-state index in [0.717, 1.165) is 24.3 Å². The molecule has 4 fully saturated rings. The molecule has 5 heteroatoms. The Balaban J connectivity index is 1.26. The van der Waals surface area contributed by atoms with Crippen LogP contribution in [0.2, 0.25) is 0 Å². The molecule has 4 aliphatic rings. The summed E-state index contributed by atoms with van der Waals surface area (Å²) in [6.45, 7) is 0.578. The van der Waals surface area contributed by atoms with Gasteiger partial charge in [0.05, 0.1) is 0 Å². The smallest absolute Gasteiger partial charge is 0.348 e. The summed E-state index contributed by atoms with van der Waals surface area (Å²) < 4.78 is 5.08. The molecule has 124 valence electrons. The van der Waals surface area contributed by atoms with Crippen molar-refractivity contribution >= 4 is 23.2 Å². The predicted octanol–water partition coefficient (Wildman–Crippen LogP) is 3.24. The van der Waals surface area contributed by atoms with Crippen LogP contribution in [0, 0.1) is 23.2 Å². The molecule has 0 atom stereocenters. The van der Waals surface area contributed by atoms with Gasteiger partial charge in [0.1, 0.15) is 4.88 Å². The molecule has 0 radical (unpaired) electrons. The van der Waals surface area contributed by atoms with Gasteiger partial charge in [-0.2, -0.15) is 0 Å². The monoisotopic (exact) mass is 333 g/mol. The molecule has 4 nitrogen and oxygen atoms in total. The molecule has 0 aliphatic heterocycles. The van der Waals surface area contributed by atoms with E-state index in [2.05, 4.69) is 5.32 Å². The molecule has 0 aromatic carbocycles. The molecule has 0 saturated heterocycles. The van der Waals surface area contributed by atoms with Gasteiger partial charge >= 0.3 is 5.97 Å². The predicted molar refractivity (Wildman–Crippen MR) is 88.2 cm³/mol. The molecule has 4 aliphatic carbocycles. The van der Waals surface area contributed by atoms with Gasteiger partial charge in [0.2, 0.25) is 0 Å². The highest BCUT2D eigenvalue weighted by Gasteiger charge is 2.50. The van der Waals surface area contributed by atoms with E-state index in [4.69, 9.17) is 4.74 Å². The zero-order valence-corrected chi connectivity index (χ0v) is 14.1. The SMILES string of the molecule is O=C(COC(=O)c1cccs1)NCC12CC3CC(CC(C3)C1)C2. The first kappa shape index (κ1) is 15.2. The van der Waals surface area contributed by atoms with Crippen LogP contribution in [0.3, 0.4) is 0 Å². The van der Waals surface area contributed by atoms with E-state index >= 15 is 0 Å². The molecular formula is C18H23NO3S. The first-order valence-corrected chi connectivity index (χ1v) is 9.47. The van der Waals surface area contributed by atoms with Crippen LogP contribution in [-0.2, 0) is 9.53 Å². The normalized spacial score (nSPS) is 34.3. The Morgan fingerprint density at radius 1 is 1.17 bits per heavy atom. The number of nitrogens with one attached hydrogen (secondary N) is 1. The minimum absolute atomic E-state index is 0.175. The standard InChI is InChI=1S/C18H23NO3S/c20-16(10-22-17(21)15-2-1-3-23-15)19-11-18-7-12-4-13(8-18)6-14(5-12)9-18/h1-3,12-14H,4-11H2,(H,19,20). The number of hydrogen-bond acceptors (Lipinski definition) is 4. The third kappa shape index (κ3) is 3.16. The van der Waals surface area contributed by atoms with E-state index in [-0.39, 0.29) is 12.5 Å². The number of ether oxygens (including phenoxy) is 1. The second kappa shape index (κ2) is 5.93. The first-order valence-electron chi connectivity index (χ1n) is 8.59. The summed E-state index contributed by atoms with van der Waals surface area (Å²) in [5.74, 6) is 2.06. The number of amides is 1. The lowest BCUT2D eigenvalue weighted by atomic mass is 9.49. The van der Waals surface area contributed by atoms with Crippen molar-refractivity contribution in [3.05, 3.63) is 22.4 Å². The number of rotatable bonds is 5. The second-order valence-corrected chi connectivity index (χ2v) is 8.70. The maximum atomic E-state index is 12.0. The van der Waals surface area contributed by atoms with Gasteiger partial charge < -0.3 is 10.1 Å². The third-order valence-electron chi connectivity index (χ3n) is 5.88. The van der Waals surface area contributed by atoms with E-state index in [1.54, 1.807) is 12.1 Å². The van der Waals surface area contributed by atoms with Crippen LogP contribution >= 0.6 is 11.3 Å². The van der Waals surface area contributed by atoms with Crippen LogP contribution in [0.15, 0.2) is 17.5 Å². The lowest BCUT2D eigenvalue weighted by Crippen LogP contribution is -2.51. The molecule has 4 bridgehead atoms. The lowest BCUT2D eigenvalue weighted by molar-refractivity contribution is -0.126. The minimum Gasteiger partial charge on any atom is -0.451 e. The summed E-state index contributed by atoms with van der Waals surface area (Å²) in [5.41, 5.74) is 0.322. The lowest BCUT2D eigenvalue weighted by Gasteiger charge is -2.56. The fourth-order valence-corrected chi connectivity index (χ4v) is 6.06. The number of carbonyl (C=O) groups is 2. The number of carbonyl (C=O) groups excluding carboxylic acids is 2. The highest BCUT2D eigenvalue weighted by Crippen LogP contribution is 2.59. The highest BCUT2D eigenvalue weighted by atomic mass is 32.1. The van der Waals surface area contributed by atoms with Crippen LogP contribution in [0.25, 0.3) is 0 Å². The summed E-state index contributed by atoms with van der Waals surface area (Å²) >= 11 is 1.33. The maximum absolute atomic E-state index is 12.0. The van der Waals surface area contributed by atoms with Gasteiger partial charge in [0.15, 0.2) is 6.61 Å². The second-order valence-electron chi connectivity index (χ2n) is 7.75. The van der Waals surface area contributed by atoms with Gasteiger partial charge in [-0.1, -0.05) is 6.07 Å². The summed E-state index contributed by atoms with van der Waals surface area (Å²) in [4.78, 5) is 24.3. The van der Waals surface area contributed by atoms with Crippen molar-refractivity contribution in [2.75, 3.05) is 13.2 Å². The Morgan fingerprint density at radius 3 is 2.39 bits per heavy atom. The van der Waals surface area contributed by atoms with Crippen molar-refractivity contribution in [3.8, 4) is 0 Å². The summed E-state index contributed by atoms with van der Waals surface area (Å²) in [7, 11) is 0. The zero-order valence-electron chi connectivity index (χ0n) is 13.3. The van der Waals surface area contributed by atoms with E-state index in [0.29, 0.717) is 10.3 Å². The molecule has 1 N–H and O–H groups in total. The van der Waals surface area contributed by atoms with Gasteiger partial charge in [0, 0.05) is 6.54 Å². The average molecular weight is 333 g/mol. The highest BCUT2D eigenvalue weighted by molar-refractivity contribution is 7.11. The quantitative estimate of drug-likeness (QED) is 0.842. The number of esters is 1. The molecule has 0 unspecified atom stereocenters. The van der Waals surface area contributed by atoms with Crippen molar-refractivity contribution < 1.29 is 14.3 Å². The van der Waals surface area contributed by atoms with Crippen molar-refractivity contribution in [1.29, 1.82) is 0 Å². The van der Waals surface area contributed by atoms with E-state index in [1.165, 1.54) is 49.9 Å². The van der Waals surface area contributed by atoms with Crippen LogP contribution < -0.4 is 5.32 Å². The van der Waals surface area contributed by atoms with Crippen molar-refractivity contribution in [3.63, 3.8) is 0 Å². The summed E-state index contributed by atoms with van der Waals surface area (Å²) in [5, 5.41) is 4.85. The summed E-state index contributed by atoms with van der Waals surface area (Å²) in [6, 6.07) is 3.51. The van der Waals surface area contributed by atoms with E-state index in [1.807, 2.05) is 5.38 Å². The third-order valence-corrected chi connectivity index (χ3v) is 6.73. The van der Waals surface area contributed by atoms with Crippen LogP contribution in [-0.4, -0.2) is 25.0 Å². The molecule has 1 heterocycles. The largest absolute Gasteiger partial charge is 0.451 e. The Bertz CT molecular complexity index is 560. The molecule has 1 amide bonds. The molecule has 4 saturated carbocycles. The van der Waals surface area contributed by atoms with E-state index in [9.17, 15) is 9.59 Å². The minimum atomic E-state index is -0.412. The van der Waals surface area contributed by atoms with Gasteiger partial charge in [-0.3, -0.25) is 4.79 Å². The average Bonchev–Trinajstić information content (AvgIpc) is 3.04. The number of thiophene rings is 1.